The second-order valence-corrected chi connectivity index (χ2v) is 8.09. The number of nitrogens with zero attached hydrogens (tertiary/aromatic N) is 2. The monoisotopic (exact) mass is 391 g/mol. The Morgan fingerprint density at radius 3 is 2.82 bits per heavy atom. The normalized spacial score (nSPS) is 20.0. The third kappa shape index (κ3) is 3.65. The van der Waals surface area contributed by atoms with E-state index in [1.165, 1.54) is 22.5 Å². The summed E-state index contributed by atoms with van der Waals surface area (Å²) in [7, 11) is -1.78. The van der Waals surface area contributed by atoms with Gasteiger partial charge in [-0.3, -0.25) is 10.1 Å². The fourth-order valence-electron chi connectivity index (χ4n) is 2.65. The van der Waals surface area contributed by atoms with Crippen LogP contribution in [0.1, 0.15) is 12.8 Å². The maximum Gasteiger partial charge on any atom is 0.283 e. The molecule has 0 aromatic heterocycles. The molecule has 0 spiro atoms. The number of hydrogen-bond acceptors (Lipinski definition) is 5. The van der Waals surface area contributed by atoms with E-state index in [1.807, 2.05) is 7.05 Å². The molecule has 1 aliphatic heterocycles. The van der Waals surface area contributed by atoms with Crippen molar-refractivity contribution in [1.82, 2.24) is 9.62 Å². The molecule has 0 amide bonds. The number of benzene rings is 1. The molecule has 1 heterocycles. The molecule has 0 bridgehead atoms. The minimum atomic E-state index is -3.63. The zero-order chi connectivity index (χ0) is 16.3. The van der Waals surface area contributed by atoms with Crippen molar-refractivity contribution in [2.45, 2.75) is 17.7 Å². The second-order valence-electron chi connectivity index (χ2n) is 5.30. The van der Waals surface area contributed by atoms with Gasteiger partial charge >= 0.3 is 0 Å². The van der Waals surface area contributed by atoms with Crippen LogP contribution < -0.4 is 5.32 Å². The number of hydrogen-bond donors (Lipinski definition) is 1. The predicted molar refractivity (Wildman–Crippen MR) is 86.2 cm³/mol. The fraction of sp³-hybridized carbons (Fsp3) is 0.538. The van der Waals surface area contributed by atoms with E-state index in [0.717, 1.165) is 19.4 Å². The summed E-state index contributed by atoms with van der Waals surface area (Å²) in [6, 6.07) is 3.81. The summed E-state index contributed by atoms with van der Waals surface area (Å²) in [4.78, 5) is 10.3. The summed E-state index contributed by atoms with van der Waals surface area (Å²) in [5.41, 5.74) is -0.148. The third-order valence-electron chi connectivity index (χ3n) is 3.73. The van der Waals surface area contributed by atoms with Crippen molar-refractivity contribution in [2.24, 2.45) is 5.92 Å². The van der Waals surface area contributed by atoms with E-state index in [1.54, 1.807) is 0 Å². The molecular weight excluding hydrogens is 374 g/mol. The Kier molecular flexibility index (Phi) is 5.54. The molecule has 0 radical (unpaired) electrons. The van der Waals surface area contributed by atoms with Gasteiger partial charge in [-0.1, -0.05) is 0 Å². The average Bonchev–Trinajstić information content (AvgIpc) is 2.47. The van der Waals surface area contributed by atoms with E-state index >= 15 is 0 Å². The van der Waals surface area contributed by atoms with Crippen LogP contribution in [0.2, 0.25) is 0 Å². The van der Waals surface area contributed by atoms with Gasteiger partial charge in [0, 0.05) is 19.2 Å². The molecule has 1 aromatic rings. The van der Waals surface area contributed by atoms with Crippen molar-refractivity contribution in [3.05, 3.63) is 32.8 Å². The first-order chi connectivity index (χ1) is 10.4. The second kappa shape index (κ2) is 7.03. The van der Waals surface area contributed by atoms with E-state index in [4.69, 9.17) is 0 Å². The summed E-state index contributed by atoms with van der Waals surface area (Å²) in [6.45, 7) is 1.73. The zero-order valence-corrected chi connectivity index (χ0v) is 14.6. The topological polar surface area (TPSA) is 92.6 Å². The molecule has 1 atom stereocenters. The Labute approximate surface area is 138 Å². The molecule has 9 heteroatoms. The van der Waals surface area contributed by atoms with E-state index in [2.05, 4.69) is 21.2 Å². The lowest BCUT2D eigenvalue weighted by Gasteiger charge is -2.31. The van der Waals surface area contributed by atoms with Gasteiger partial charge in [-0.15, -0.1) is 0 Å². The first-order valence-corrected chi connectivity index (χ1v) is 9.18. The van der Waals surface area contributed by atoms with Crippen LogP contribution in [0.15, 0.2) is 27.6 Å². The molecule has 1 fully saturated rings. The first kappa shape index (κ1) is 17.3. The molecule has 22 heavy (non-hydrogen) atoms. The molecule has 1 unspecified atom stereocenters. The summed E-state index contributed by atoms with van der Waals surface area (Å²) < 4.78 is 27.0. The van der Waals surface area contributed by atoms with Crippen molar-refractivity contribution in [1.29, 1.82) is 0 Å². The van der Waals surface area contributed by atoms with E-state index in [0.29, 0.717) is 13.1 Å². The molecule has 1 aliphatic rings. The van der Waals surface area contributed by atoms with Gasteiger partial charge in [0.15, 0.2) is 0 Å². The van der Waals surface area contributed by atoms with Gasteiger partial charge < -0.3 is 5.32 Å². The predicted octanol–water partition coefficient (Wildman–Crippen LogP) is 1.98. The summed E-state index contributed by atoms with van der Waals surface area (Å²) >= 11 is 3.07. The Morgan fingerprint density at radius 2 is 2.23 bits per heavy atom. The van der Waals surface area contributed by atoms with Crippen molar-refractivity contribution < 1.29 is 13.3 Å². The van der Waals surface area contributed by atoms with Crippen LogP contribution in [-0.2, 0) is 10.0 Å². The number of nitro benzene ring substituents is 1. The molecule has 0 aliphatic carbocycles. The van der Waals surface area contributed by atoms with Crippen molar-refractivity contribution in [3.8, 4) is 0 Å². The van der Waals surface area contributed by atoms with Gasteiger partial charge in [0.2, 0.25) is 10.0 Å². The zero-order valence-electron chi connectivity index (χ0n) is 12.2. The summed E-state index contributed by atoms with van der Waals surface area (Å²) in [5.74, 6) is 0.287. The number of rotatable bonds is 5. The van der Waals surface area contributed by atoms with Gasteiger partial charge in [-0.25, -0.2) is 8.42 Å². The molecule has 7 nitrogen and oxygen atoms in total. The highest BCUT2D eigenvalue weighted by Crippen LogP contribution is 2.30. The number of nitro groups is 1. The molecule has 1 aromatic carbocycles. The van der Waals surface area contributed by atoms with E-state index in [-0.39, 0.29) is 21.0 Å². The van der Waals surface area contributed by atoms with Crippen LogP contribution in [0, 0.1) is 16.0 Å². The Bertz CT molecular complexity index is 663. The first-order valence-electron chi connectivity index (χ1n) is 6.95. The highest BCUT2D eigenvalue weighted by Gasteiger charge is 2.30. The summed E-state index contributed by atoms with van der Waals surface area (Å²) in [5, 5.41) is 13.9. The largest absolute Gasteiger partial charge is 0.319 e. The van der Waals surface area contributed by atoms with Crippen LogP contribution in [0.3, 0.4) is 0 Å². The smallest absolute Gasteiger partial charge is 0.283 e. The average molecular weight is 392 g/mol. The van der Waals surface area contributed by atoms with Crippen LogP contribution in [-0.4, -0.2) is 44.3 Å². The highest BCUT2D eigenvalue weighted by atomic mass is 79.9. The van der Waals surface area contributed by atoms with Crippen molar-refractivity contribution in [3.63, 3.8) is 0 Å². The Balaban J connectivity index is 2.26. The highest BCUT2D eigenvalue weighted by molar-refractivity contribution is 9.10. The lowest BCUT2D eigenvalue weighted by atomic mass is 10.00. The van der Waals surface area contributed by atoms with Crippen molar-refractivity contribution in [2.75, 3.05) is 26.7 Å². The minimum Gasteiger partial charge on any atom is -0.319 e. The van der Waals surface area contributed by atoms with Crippen LogP contribution >= 0.6 is 15.9 Å². The Morgan fingerprint density at radius 1 is 1.50 bits per heavy atom. The molecular formula is C13H18BrN3O4S. The number of sulfonamides is 1. The lowest BCUT2D eigenvalue weighted by Crippen LogP contribution is -2.42. The minimum absolute atomic E-state index is 0.0788. The molecule has 2 rings (SSSR count). The molecule has 1 saturated heterocycles. The van der Waals surface area contributed by atoms with Gasteiger partial charge in [0.05, 0.1) is 14.3 Å². The van der Waals surface area contributed by atoms with Gasteiger partial charge in [-0.05, 0) is 60.4 Å². The molecule has 1 N–H and O–H groups in total. The van der Waals surface area contributed by atoms with E-state index in [9.17, 15) is 18.5 Å². The lowest BCUT2D eigenvalue weighted by molar-refractivity contribution is -0.385. The molecule has 0 saturated carbocycles. The van der Waals surface area contributed by atoms with Gasteiger partial charge in [0.25, 0.3) is 5.69 Å². The summed E-state index contributed by atoms with van der Waals surface area (Å²) in [6.07, 6.45) is 1.82. The number of piperidine rings is 1. The number of halogens is 1. The van der Waals surface area contributed by atoms with E-state index < -0.39 is 14.9 Å². The van der Waals surface area contributed by atoms with Crippen LogP contribution in [0.5, 0.6) is 0 Å². The Hall–Kier alpha value is -1.03. The van der Waals surface area contributed by atoms with Gasteiger partial charge in [-0.2, -0.15) is 4.31 Å². The third-order valence-corrected chi connectivity index (χ3v) is 6.22. The van der Waals surface area contributed by atoms with Crippen LogP contribution in [0.4, 0.5) is 5.69 Å². The van der Waals surface area contributed by atoms with Gasteiger partial charge in [0.1, 0.15) is 0 Å². The number of nitrogens with one attached hydrogen (secondary N) is 1. The standard InChI is InChI=1S/C13H18BrN3O4S/c1-15-8-10-3-2-6-16(9-10)22(20,21)11-4-5-13(17(18)19)12(14)7-11/h4-5,7,10,15H,2-3,6,8-9H2,1H3. The van der Waals surface area contributed by atoms with Crippen LogP contribution in [0.25, 0.3) is 0 Å². The maximum atomic E-state index is 12.7. The fourth-order valence-corrected chi connectivity index (χ4v) is 4.90. The quantitative estimate of drug-likeness (QED) is 0.611. The SMILES string of the molecule is CNCC1CCCN(S(=O)(=O)c2ccc([N+](=O)[O-])c(Br)c2)C1. The van der Waals surface area contributed by atoms with Crippen molar-refractivity contribution >= 4 is 31.6 Å². The molecule has 122 valence electrons. The maximum absolute atomic E-state index is 12.7.